The van der Waals surface area contributed by atoms with Crippen molar-refractivity contribution in [2.24, 2.45) is 5.92 Å². The fraction of sp³-hybridized carbons (Fsp3) is 0.545. The van der Waals surface area contributed by atoms with Crippen LogP contribution in [-0.4, -0.2) is 46.5 Å². The van der Waals surface area contributed by atoms with Crippen LogP contribution in [0.15, 0.2) is 18.6 Å². The lowest BCUT2D eigenvalue weighted by Gasteiger charge is -2.22. The largest absolute Gasteiger partial charge is 0.333 e. The molecule has 5 nitrogen and oxygen atoms in total. The standard InChI is InChI=1S/C11H14N4O/c16-11(9-6-12-2-3-14-9)15-4-1-8-5-13-7-10(8)15/h2-3,6,8,10,13H,1,4-5,7H2/t8-,10+/m0/s1. The van der Waals surface area contributed by atoms with E-state index in [1.54, 1.807) is 12.4 Å². The highest BCUT2D eigenvalue weighted by Gasteiger charge is 2.40. The topological polar surface area (TPSA) is 58.1 Å². The van der Waals surface area contributed by atoms with Crippen molar-refractivity contribution in [3.8, 4) is 0 Å². The van der Waals surface area contributed by atoms with E-state index in [-0.39, 0.29) is 5.91 Å². The molecule has 5 heteroatoms. The molecule has 0 aliphatic carbocycles. The van der Waals surface area contributed by atoms with Gasteiger partial charge in [-0.1, -0.05) is 0 Å². The minimum atomic E-state index is 0.0179. The molecule has 3 heterocycles. The van der Waals surface area contributed by atoms with Crippen molar-refractivity contribution in [2.45, 2.75) is 12.5 Å². The second-order valence-electron chi connectivity index (χ2n) is 4.36. The molecule has 2 saturated heterocycles. The molecule has 0 radical (unpaired) electrons. The minimum Gasteiger partial charge on any atom is -0.333 e. The summed E-state index contributed by atoms with van der Waals surface area (Å²) in [6.07, 6.45) is 5.79. The second-order valence-corrected chi connectivity index (χ2v) is 4.36. The number of amides is 1. The van der Waals surface area contributed by atoms with Crippen molar-refractivity contribution in [1.82, 2.24) is 20.2 Å². The Morgan fingerprint density at radius 2 is 2.38 bits per heavy atom. The summed E-state index contributed by atoms with van der Waals surface area (Å²) >= 11 is 0. The van der Waals surface area contributed by atoms with E-state index in [2.05, 4.69) is 15.3 Å². The lowest BCUT2D eigenvalue weighted by Crippen LogP contribution is -2.39. The number of hydrogen-bond acceptors (Lipinski definition) is 4. The molecule has 0 spiro atoms. The van der Waals surface area contributed by atoms with Crippen molar-refractivity contribution in [3.63, 3.8) is 0 Å². The van der Waals surface area contributed by atoms with Gasteiger partial charge < -0.3 is 10.2 Å². The van der Waals surface area contributed by atoms with E-state index < -0.39 is 0 Å². The fourth-order valence-electron chi connectivity index (χ4n) is 2.66. The second kappa shape index (κ2) is 3.83. The Hall–Kier alpha value is -1.49. The van der Waals surface area contributed by atoms with Gasteiger partial charge in [0.15, 0.2) is 0 Å². The lowest BCUT2D eigenvalue weighted by atomic mass is 10.1. The number of hydrogen-bond donors (Lipinski definition) is 1. The Bertz CT molecular complexity index is 394. The van der Waals surface area contributed by atoms with Crippen LogP contribution in [0.2, 0.25) is 0 Å². The molecule has 0 bridgehead atoms. The molecule has 1 aromatic heterocycles. The van der Waals surface area contributed by atoms with E-state index in [9.17, 15) is 4.79 Å². The van der Waals surface area contributed by atoms with E-state index in [1.165, 1.54) is 6.20 Å². The quantitative estimate of drug-likeness (QED) is 0.715. The van der Waals surface area contributed by atoms with Crippen LogP contribution in [0.1, 0.15) is 16.9 Å². The van der Waals surface area contributed by atoms with E-state index in [1.807, 2.05) is 4.90 Å². The molecular formula is C11H14N4O. The van der Waals surface area contributed by atoms with Gasteiger partial charge in [0.1, 0.15) is 5.69 Å². The third kappa shape index (κ3) is 1.48. The molecule has 0 aromatic carbocycles. The molecule has 84 valence electrons. The fourth-order valence-corrected chi connectivity index (χ4v) is 2.66. The highest BCUT2D eigenvalue weighted by atomic mass is 16.2. The molecule has 2 atom stereocenters. The highest BCUT2D eigenvalue weighted by Crippen LogP contribution is 2.27. The first-order valence-electron chi connectivity index (χ1n) is 5.64. The number of aromatic nitrogens is 2. The van der Waals surface area contributed by atoms with Crippen molar-refractivity contribution < 1.29 is 4.79 Å². The maximum absolute atomic E-state index is 12.2. The molecular weight excluding hydrogens is 204 g/mol. The summed E-state index contributed by atoms with van der Waals surface area (Å²) < 4.78 is 0. The third-order valence-electron chi connectivity index (χ3n) is 3.49. The van der Waals surface area contributed by atoms with Gasteiger partial charge in [-0.05, 0) is 12.3 Å². The average molecular weight is 218 g/mol. The number of carbonyl (C=O) groups is 1. The number of rotatable bonds is 1. The van der Waals surface area contributed by atoms with Crippen LogP contribution < -0.4 is 5.32 Å². The first kappa shape index (κ1) is 9.72. The summed E-state index contributed by atoms with van der Waals surface area (Å²) in [6.45, 7) is 2.80. The summed E-state index contributed by atoms with van der Waals surface area (Å²) in [5.41, 5.74) is 0.454. The zero-order valence-electron chi connectivity index (χ0n) is 8.97. The molecule has 1 aromatic rings. The van der Waals surface area contributed by atoms with Gasteiger partial charge in [0.05, 0.1) is 6.20 Å². The number of carbonyl (C=O) groups excluding carboxylic acids is 1. The van der Waals surface area contributed by atoms with Gasteiger partial charge in [-0.3, -0.25) is 9.78 Å². The number of nitrogens with one attached hydrogen (secondary N) is 1. The molecule has 0 unspecified atom stereocenters. The summed E-state index contributed by atoms with van der Waals surface area (Å²) in [7, 11) is 0. The third-order valence-corrected chi connectivity index (χ3v) is 3.49. The first-order valence-corrected chi connectivity index (χ1v) is 5.64. The summed E-state index contributed by atoms with van der Waals surface area (Å²) in [6, 6.07) is 0.356. The number of nitrogens with zero attached hydrogens (tertiary/aromatic N) is 3. The van der Waals surface area contributed by atoms with Crippen molar-refractivity contribution in [3.05, 3.63) is 24.3 Å². The van der Waals surface area contributed by atoms with Crippen LogP contribution >= 0.6 is 0 Å². The smallest absolute Gasteiger partial charge is 0.274 e. The van der Waals surface area contributed by atoms with Crippen molar-refractivity contribution in [2.75, 3.05) is 19.6 Å². The molecule has 2 aliphatic rings. The highest BCUT2D eigenvalue weighted by molar-refractivity contribution is 5.92. The number of fused-ring (bicyclic) bond motifs is 1. The van der Waals surface area contributed by atoms with Gasteiger partial charge in [0, 0.05) is 38.1 Å². The normalized spacial score (nSPS) is 28.1. The summed E-state index contributed by atoms with van der Waals surface area (Å²) in [5.74, 6) is 0.643. The van der Waals surface area contributed by atoms with Crippen LogP contribution in [0.4, 0.5) is 0 Å². The van der Waals surface area contributed by atoms with Gasteiger partial charge in [-0.15, -0.1) is 0 Å². The van der Waals surface area contributed by atoms with E-state index in [0.717, 1.165) is 26.1 Å². The Morgan fingerprint density at radius 3 is 3.19 bits per heavy atom. The van der Waals surface area contributed by atoms with Gasteiger partial charge in [0.2, 0.25) is 0 Å². The van der Waals surface area contributed by atoms with Gasteiger partial charge in [-0.2, -0.15) is 0 Å². The summed E-state index contributed by atoms with van der Waals surface area (Å²) in [4.78, 5) is 22.1. The van der Waals surface area contributed by atoms with Crippen molar-refractivity contribution in [1.29, 1.82) is 0 Å². The molecule has 2 fully saturated rings. The molecule has 1 N–H and O–H groups in total. The predicted molar refractivity (Wildman–Crippen MR) is 57.8 cm³/mol. The zero-order chi connectivity index (χ0) is 11.0. The monoisotopic (exact) mass is 218 g/mol. The van der Waals surface area contributed by atoms with E-state index in [4.69, 9.17) is 0 Å². The van der Waals surface area contributed by atoms with E-state index in [0.29, 0.717) is 17.7 Å². The zero-order valence-corrected chi connectivity index (χ0v) is 8.97. The Morgan fingerprint density at radius 1 is 1.44 bits per heavy atom. The SMILES string of the molecule is O=C(c1cnccn1)N1CC[C@H]2CNC[C@H]21. The average Bonchev–Trinajstić information content (AvgIpc) is 2.91. The van der Waals surface area contributed by atoms with Crippen LogP contribution in [0.5, 0.6) is 0 Å². The van der Waals surface area contributed by atoms with Crippen LogP contribution in [-0.2, 0) is 0 Å². The molecule has 2 aliphatic heterocycles. The Balaban J connectivity index is 1.81. The van der Waals surface area contributed by atoms with Crippen LogP contribution in [0, 0.1) is 5.92 Å². The molecule has 3 rings (SSSR count). The van der Waals surface area contributed by atoms with E-state index >= 15 is 0 Å². The maximum Gasteiger partial charge on any atom is 0.274 e. The Labute approximate surface area is 93.9 Å². The first-order chi connectivity index (χ1) is 7.86. The molecule has 1 amide bonds. The van der Waals surface area contributed by atoms with Crippen LogP contribution in [0.25, 0.3) is 0 Å². The minimum absolute atomic E-state index is 0.0179. The van der Waals surface area contributed by atoms with Gasteiger partial charge >= 0.3 is 0 Å². The van der Waals surface area contributed by atoms with Gasteiger partial charge in [-0.25, -0.2) is 4.98 Å². The van der Waals surface area contributed by atoms with Gasteiger partial charge in [0.25, 0.3) is 5.91 Å². The molecule has 16 heavy (non-hydrogen) atoms. The lowest BCUT2D eigenvalue weighted by molar-refractivity contribution is 0.0730. The molecule has 0 saturated carbocycles. The van der Waals surface area contributed by atoms with Crippen molar-refractivity contribution >= 4 is 5.91 Å². The van der Waals surface area contributed by atoms with Crippen LogP contribution in [0.3, 0.4) is 0 Å². The summed E-state index contributed by atoms with van der Waals surface area (Å²) in [5, 5.41) is 3.33. The Kier molecular flexibility index (Phi) is 2.32. The predicted octanol–water partition coefficient (Wildman–Crippen LogP) is -0.0895. The number of likely N-dealkylation sites (tertiary alicyclic amines) is 1. The maximum atomic E-state index is 12.2.